The summed E-state index contributed by atoms with van der Waals surface area (Å²) in [5.41, 5.74) is 5.43. The Hall–Kier alpha value is -1.74. The number of benzene rings is 1. The van der Waals surface area contributed by atoms with Crippen molar-refractivity contribution in [1.29, 1.82) is 0 Å². The van der Waals surface area contributed by atoms with Crippen molar-refractivity contribution in [3.63, 3.8) is 0 Å². The average molecular weight is 302 g/mol. The second-order valence-electron chi connectivity index (χ2n) is 3.87. The molecule has 1 heterocycles. The predicted molar refractivity (Wildman–Crippen MR) is 71.0 cm³/mol. The molecule has 6 nitrogen and oxygen atoms in total. The zero-order valence-corrected chi connectivity index (χ0v) is 11.8. The Balaban J connectivity index is 2.42. The molecule has 0 aliphatic carbocycles. The molecule has 1 aromatic heterocycles. The van der Waals surface area contributed by atoms with Crippen LogP contribution in [0.15, 0.2) is 17.0 Å². The number of hydrogen-bond acceptors (Lipinski definition) is 6. The van der Waals surface area contributed by atoms with Crippen molar-refractivity contribution in [2.75, 3.05) is 10.5 Å². The van der Waals surface area contributed by atoms with Gasteiger partial charge in [0.05, 0.1) is 10.6 Å². The molecule has 0 radical (unpaired) electrons. The summed E-state index contributed by atoms with van der Waals surface area (Å²) in [6.45, 7) is 3.19. The molecule has 0 saturated heterocycles. The highest BCUT2D eigenvalue weighted by atomic mass is 32.2. The third kappa shape index (κ3) is 2.82. The van der Waals surface area contributed by atoms with Crippen LogP contribution >= 0.6 is 11.3 Å². The molecular weight excluding hydrogens is 291 g/mol. The first-order chi connectivity index (χ1) is 8.79. The highest BCUT2D eigenvalue weighted by molar-refractivity contribution is 7.93. The van der Waals surface area contributed by atoms with Gasteiger partial charge in [-0.15, -0.1) is 10.2 Å². The Morgan fingerprint density at radius 3 is 2.58 bits per heavy atom. The number of aryl methyl sites for hydroxylation is 2. The lowest BCUT2D eigenvalue weighted by molar-refractivity contribution is 0.599. The molecule has 0 saturated carbocycles. The maximum Gasteiger partial charge on any atom is 0.264 e. The fourth-order valence-corrected chi connectivity index (χ4v) is 3.55. The van der Waals surface area contributed by atoms with Gasteiger partial charge in [-0.3, -0.25) is 4.72 Å². The lowest BCUT2D eigenvalue weighted by Crippen LogP contribution is -2.15. The predicted octanol–water partition coefficient (Wildman–Crippen LogP) is 1.68. The summed E-state index contributed by atoms with van der Waals surface area (Å²) in [6, 6.07) is 2.16. The van der Waals surface area contributed by atoms with Gasteiger partial charge in [-0.25, -0.2) is 12.8 Å². The standard InChI is InChI=1S/C10H11FN4O2S2/c1-5-3-7(11)8(12)4-9(5)19(16,17)15-10-14-13-6(2)18-10/h3-4H,12H2,1-2H3,(H,14,15). The molecule has 0 atom stereocenters. The summed E-state index contributed by atoms with van der Waals surface area (Å²) in [6.07, 6.45) is 0. The van der Waals surface area contributed by atoms with Crippen LogP contribution < -0.4 is 10.5 Å². The minimum absolute atomic E-state index is 0.0840. The van der Waals surface area contributed by atoms with E-state index in [1.54, 1.807) is 6.92 Å². The van der Waals surface area contributed by atoms with E-state index >= 15 is 0 Å². The largest absolute Gasteiger partial charge is 0.396 e. The number of rotatable bonds is 3. The van der Waals surface area contributed by atoms with E-state index in [0.29, 0.717) is 5.01 Å². The number of nitrogens with two attached hydrogens (primary N) is 1. The molecule has 2 aromatic rings. The summed E-state index contributed by atoms with van der Waals surface area (Å²) in [5, 5.41) is 8.16. The van der Waals surface area contributed by atoms with Crippen molar-refractivity contribution < 1.29 is 12.8 Å². The molecule has 1 aromatic carbocycles. The highest BCUT2D eigenvalue weighted by Gasteiger charge is 2.20. The van der Waals surface area contributed by atoms with E-state index in [9.17, 15) is 12.8 Å². The Bertz CT molecular complexity index is 727. The van der Waals surface area contributed by atoms with Gasteiger partial charge >= 0.3 is 0 Å². The van der Waals surface area contributed by atoms with Crippen molar-refractivity contribution in [1.82, 2.24) is 10.2 Å². The molecule has 0 aliphatic rings. The molecule has 0 bridgehead atoms. The number of anilines is 2. The summed E-state index contributed by atoms with van der Waals surface area (Å²) in [7, 11) is -3.86. The second-order valence-corrected chi connectivity index (χ2v) is 6.70. The van der Waals surface area contributed by atoms with Crippen molar-refractivity contribution >= 4 is 32.2 Å². The Morgan fingerprint density at radius 2 is 2.00 bits per heavy atom. The normalized spacial score (nSPS) is 11.5. The van der Waals surface area contributed by atoms with E-state index in [1.807, 2.05) is 0 Å². The minimum Gasteiger partial charge on any atom is -0.396 e. The van der Waals surface area contributed by atoms with Gasteiger partial charge in [-0.05, 0) is 31.5 Å². The summed E-state index contributed by atoms with van der Waals surface area (Å²) >= 11 is 1.10. The van der Waals surface area contributed by atoms with Crippen LogP contribution in [-0.4, -0.2) is 18.6 Å². The number of nitrogen functional groups attached to an aromatic ring is 1. The molecule has 0 spiro atoms. The van der Waals surface area contributed by atoms with Crippen LogP contribution in [0.3, 0.4) is 0 Å². The van der Waals surface area contributed by atoms with Crippen LogP contribution in [-0.2, 0) is 10.0 Å². The molecule has 0 aliphatic heterocycles. The van der Waals surface area contributed by atoms with Crippen molar-refractivity contribution in [3.8, 4) is 0 Å². The lowest BCUT2D eigenvalue weighted by atomic mass is 10.2. The first-order valence-corrected chi connectivity index (χ1v) is 7.48. The summed E-state index contributed by atoms with van der Waals surface area (Å²) in [5.74, 6) is -0.650. The van der Waals surface area contributed by atoms with Crippen LogP contribution in [0.1, 0.15) is 10.6 Å². The molecule has 2 rings (SSSR count). The number of hydrogen-bond donors (Lipinski definition) is 2. The Kier molecular flexibility index (Phi) is 3.42. The zero-order chi connectivity index (χ0) is 14.2. The fraction of sp³-hybridized carbons (Fsp3) is 0.200. The first kappa shape index (κ1) is 13.7. The minimum atomic E-state index is -3.86. The Morgan fingerprint density at radius 1 is 1.32 bits per heavy atom. The molecule has 3 N–H and O–H groups in total. The van der Waals surface area contributed by atoms with E-state index in [-0.39, 0.29) is 21.3 Å². The molecule has 0 amide bonds. The van der Waals surface area contributed by atoms with E-state index in [1.165, 1.54) is 6.92 Å². The van der Waals surface area contributed by atoms with Gasteiger partial charge in [0.25, 0.3) is 10.0 Å². The van der Waals surface area contributed by atoms with Crippen LogP contribution in [0.4, 0.5) is 15.2 Å². The third-order valence-electron chi connectivity index (χ3n) is 2.33. The average Bonchev–Trinajstić information content (AvgIpc) is 2.68. The molecular formula is C10H11FN4O2S2. The summed E-state index contributed by atoms with van der Waals surface area (Å²) in [4.78, 5) is -0.0840. The number of sulfonamides is 1. The molecule has 0 fully saturated rings. The van der Waals surface area contributed by atoms with Gasteiger partial charge in [0.1, 0.15) is 10.8 Å². The van der Waals surface area contributed by atoms with Crippen LogP contribution in [0.25, 0.3) is 0 Å². The van der Waals surface area contributed by atoms with E-state index in [4.69, 9.17) is 5.73 Å². The molecule has 19 heavy (non-hydrogen) atoms. The maximum absolute atomic E-state index is 13.2. The SMILES string of the molecule is Cc1nnc(NS(=O)(=O)c2cc(N)c(F)cc2C)s1. The maximum atomic E-state index is 13.2. The van der Waals surface area contributed by atoms with E-state index in [2.05, 4.69) is 14.9 Å². The van der Waals surface area contributed by atoms with E-state index in [0.717, 1.165) is 23.5 Å². The van der Waals surface area contributed by atoms with E-state index < -0.39 is 15.8 Å². The smallest absolute Gasteiger partial charge is 0.264 e. The van der Waals surface area contributed by atoms with Crippen molar-refractivity contribution in [2.45, 2.75) is 18.7 Å². The molecule has 0 unspecified atom stereocenters. The van der Waals surface area contributed by atoms with Gasteiger partial charge in [0.2, 0.25) is 5.13 Å². The highest BCUT2D eigenvalue weighted by Crippen LogP contribution is 2.24. The quantitative estimate of drug-likeness (QED) is 0.841. The zero-order valence-electron chi connectivity index (χ0n) is 10.1. The number of nitrogens with one attached hydrogen (secondary N) is 1. The monoisotopic (exact) mass is 302 g/mol. The number of nitrogens with zero attached hydrogens (tertiary/aromatic N) is 2. The topological polar surface area (TPSA) is 98.0 Å². The second kappa shape index (κ2) is 4.74. The van der Waals surface area contributed by atoms with Gasteiger partial charge in [-0.1, -0.05) is 11.3 Å². The van der Waals surface area contributed by atoms with Gasteiger partial charge in [-0.2, -0.15) is 0 Å². The van der Waals surface area contributed by atoms with Gasteiger partial charge in [0, 0.05) is 0 Å². The fourth-order valence-electron chi connectivity index (χ4n) is 1.47. The molecule has 102 valence electrons. The lowest BCUT2D eigenvalue weighted by Gasteiger charge is -2.09. The number of halogens is 1. The van der Waals surface area contributed by atoms with Crippen LogP contribution in [0.2, 0.25) is 0 Å². The van der Waals surface area contributed by atoms with Crippen molar-refractivity contribution in [2.24, 2.45) is 0 Å². The number of aromatic nitrogens is 2. The van der Waals surface area contributed by atoms with Gasteiger partial charge in [0.15, 0.2) is 0 Å². The molecule has 9 heteroatoms. The first-order valence-electron chi connectivity index (χ1n) is 5.18. The van der Waals surface area contributed by atoms with Crippen LogP contribution in [0, 0.1) is 19.7 Å². The van der Waals surface area contributed by atoms with Gasteiger partial charge < -0.3 is 5.73 Å². The Labute approximate surface area is 113 Å². The summed E-state index contributed by atoms with van der Waals surface area (Å²) < 4.78 is 39.8. The third-order valence-corrected chi connectivity index (χ3v) is 4.70. The van der Waals surface area contributed by atoms with Crippen molar-refractivity contribution in [3.05, 3.63) is 28.5 Å². The van der Waals surface area contributed by atoms with Crippen LogP contribution in [0.5, 0.6) is 0 Å².